The smallest absolute Gasteiger partial charge is 0.123 e. The Bertz CT molecular complexity index is 655. The van der Waals surface area contributed by atoms with E-state index in [0.717, 1.165) is 24.3 Å². The van der Waals surface area contributed by atoms with Crippen LogP contribution in [0.5, 0.6) is 5.75 Å². The maximum Gasteiger partial charge on any atom is 0.123 e. The molecule has 5 atom stereocenters. The van der Waals surface area contributed by atoms with Crippen LogP contribution in [0.2, 0.25) is 0 Å². The highest BCUT2D eigenvalue weighted by Crippen LogP contribution is 2.93. The second kappa shape index (κ2) is 2.80. The molecule has 106 valence electrons. The van der Waals surface area contributed by atoms with Gasteiger partial charge in [0.25, 0.3) is 0 Å². The molecule has 5 rings (SSSR count). The van der Waals surface area contributed by atoms with Crippen molar-refractivity contribution >= 4 is 0 Å². The highest BCUT2D eigenvalue weighted by Gasteiger charge is 2.87. The molecule has 0 aliphatic heterocycles. The van der Waals surface area contributed by atoms with Crippen molar-refractivity contribution in [1.29, 1.82) is 0 Å². The Kier molecular flexibility index (Phi) is 1.62. The highest BCUT2D eigenvalue weighted by atomic mass is 19.1. The fourth-order valence-corrected chi connectivity index (χ4v) is 7.86. The molecular formula is C18H21FO. The summed E-state index contributed by atoms with van der Waals surface area (Å²) in [6, 6.07) is 4.51. The standard InChI is InChI=1S/C18H21FO/c1-15-6-11-7-17(13-5-12(19)3-4-14(13)20)9-16(2,8-15)18(11,15)10-17/h3-5,11,20H,6-10H2,1-2H3. The van der Waals surface area contributed by atoms with Gasteiger partial charge in [-0.3, -0.25) is 0 Å². The van der Waals surface area contributed by atoms with Crippen molar-refractivity contribution in [2.24, 2.45) is 22.2 Å². The number of fused-ring (bicyclic) bond motifs is 1. The van der Waals surface area contributed by atoms with Crippen molar-refractivity contribution in [3.63, 3.8) is 0 Å². The first-order valence-corrected chi connectivity index (χ1v) is 7.83. The summed E-state index contributed by atoms with van der Waals surface area (Å²) in [6.07, 6.45) is 6.15. The second-order valence-electron chi connectivity index (χ2n) is 8.67. The molecule has 0 saturated heterocycles. The third-order valence-electron chi connectivity index (χ3n) is 7.84. The first-order chi connectivity index (χ1) is 9.34. The van der Waals surface area contributed by atoms with Crippen molar-refractivity contribution in [1.82, 2.24) is 0 Å². The van der Waals surface area contributed by atoms with Crippen molar-refractivity contribution in [2.75, 3.05) is 0 Å². The van der Waals surface area contributed by atoms with Crippen LogP contribution < -0.4 is 0 Å². The number of halogens is 1. The zero-order chi connectivity index (χ0) is 14.0. The maximum atomic E-state index is 13.7. The molecular weight excluding hydrogens is 251 g/mol. The lowest BCUT2D eigenvalue weighted by Crippen LogP contribution is -2.71. The molecule has 1 spiro atoms. The topological polar surface area (TPSA) is 20.2 Å². The number of hydrogen-bond acceptors (Lipinski definition) is 1. The van der Waals surface area contributed by atoms with E-state index >= 15 is 0 Å². The Hall–Kier alpha value is -1.05. The van der Waals surface area contributed by atoms with Gasteiger partial charge in [-0.15, -0.1) is 0 Å². The van der Waals surface area contributed by atoms with Gasteiger partial charge in [0.1, 0.15) is 11.6 Å². The van der Waals surface area contributed by atoms with Gasteiger partial charge >= 0.3 is 0 Å². The molecule has 4 aliphatic rings. The zero-order valence-electron chi connectivity index (χ0n) is 12.2. The third kappa shape index (κ3) is 0.881. The summed E-state index contributed by atoms with van der Waals surface area (Å²) in [6.45, 7) is 4.90. The molecule has 1 aromatic carbocycles. The van der Waals surface area contributed by atoms with Crippen LogP contribution in [0.4, 0.5) is 4.39 Å². The van der Waals surface area contributed by atoms with Gasteiger partial charge in [-0.05, 0) is 72.5 Å². The Balaban J connectivity index is 1.69. The van der Waals surface area contributed by atoms with Gasteiger partial charge in [0.2, 0.25) is 0 Å². The summed E-state index contributed by atoms with van der Waals surface area (Å²) < 4.78 is 13.7. The van der Waals surface area contributed by atoms with Crippen LogP contribution in [-0.2, 0) is 5.41 Å². The molecule has 0 aromatic heterocycles. The summed E-state index contributed by atoms with van der Waals surface area (Å²) in [4.78, 5) is 0. The van der Waals surface area contributed by atoms with E-state index in [1.165, 1.54) is 25.3 Å². The molecule has 4 aliphatic carbocycles. The SMILES string of the molecule is CC12CC3CC4(c5cc(F)ccc5O)CC(C)(C1)C32C4. The molecule has 0 radical (unpaired) electrons. The predicted octanol–water partition coefficient (Wildman–Crippen LogP) is 4.39. The second-order valence-corrected chi connectivity index (χ2v) is 8.67. The molecule has 2 heteroatoms. The Morgan fingerprint density at radius 1 is 1.10 bits per heavy atom. The van der Waals surface area contributed by atoms with Gasteiger partial charge in [0.15, 0.2) is 0 Å². The minimum Gasteiger partial charge on any atom is -0.508 e. The first-order valence-electron chi connectivity index (χ1n) is 7.83. The van der Waals surface area contributed by atoms with Crippen LogP contribution in [0.15, 0.2) is 18.2 Å². The number of hydrogen-bond donors (Lipinski definition) is 1. The summed E-state index contributed by atoms with van der Waals surface area (Å²) in [5.41, 5.74) is 2.40. The number of benzene rings is 1. The van der Waals surface area contributed by atoms with Crippen molar-refractivity contribution in [2.45, 2.75) is 51.4 Å². The van der Waals surface area contributed by atoms with Gasteiger partial charge in [0, 0.05) is 11.0 Å². The van der Waals surface area contributed by atoms with Crippen molar-refractivity contribution in [3.05, 3.63) is 29.6 Å². The summed E-state index contributed by atoms with van der Waals surface area (Å²) in [5, 5.41) is 10.3. The van der Waals surface area contributed by atoms with Gasteiger partial charge < -0.3 is 5.11 Å². The fourth-order valence-electron chi connectivity index (χ4n) is 7.86. The molecule has 1 aromatic rings. The first kappa shape index (κ1) is 11.6. The van der Waals surface area contributed by atoms with Crippen molar-refractivity contribution in [3.8, 4) is 5.75 Å². The maximum absolute atomic E-state index is 13.7. The number of phenols is 1. The lowest BCUT2D eigenvalue weighted by atomic mass is 9.26. The summed E-state index contributed by atoms with van der Waals surface area (Å²) in [5.74, 6) is 0.898. The zero-order valence-corrected chi connectivity index (χ0v) is 12.2. The predicted molar refractivity (Wildman–Crippen MR) is 75.0 cm³/mol. The average Bonchev–Trinajstić information content (AvgIpc) is 2.79. The van der Waals surface area contributed by atoms with Gasteiger partial charge in [0.05, 0.1) is 0 Å². The molecule has 5 unspecified atom stereocenters. The normalized spacial score (nSPS) is 54.2. The summed E-state index contributed by atoms with van der Waals surface area (Å²) in [7, 11) is 0. The van der Waals surface area contributed by atoms with Gasteiger partial charge in [-0.2, -0.15) is 0 Å². The highest BCUT2D eigenvalue weighted by molar-refractivity contribution is 5.48. The third-order valence-corrected chi connectivity index (χ3v) is 7.84. The number of aromatic hydroxyl groups is 1. The van der Waals surface area contributed by atoms with Crippen LogP contribution in [0, 0.1) is 28.0 Å². The monoisotopic (exact) mass is 272 g/mol. The quantitative estimate of drug-likeness (QED) is 0.804. The van der Waals surface area contributed by atoms with E-state index < -0.39 is 0 Å². The van der Waals surface area contributed by atoms with E-state index in [0.29, 0.717) is 22.0 Å². The van der Waals surface area contributed by atoms with E-state index in [1.807, 2.05) is 0 Å². The van der Waals surface area contributed by atoms with E-state index in [2.05, 4.69) is 13.8 Å². The van der Waals surface area contributed by atoms with E-state index in [4.69, 9.17) is 0 Å². The lowest BCUT2D eigenvalue weighted by Gasteiger charge is -2.78. The number of phenolic OH excluding ortho intramolecular Hbond substituents is 1. The number of rotatable bonds is 1. The molecule has 0 amide bonds. The van der Waals surface area contributed by atoms with Crippen LogP contribution in [0.25, 0.3) is 0 Å². The van der Waals surface area contributed by atoms with E-state index in [9.17, 15) is 9.50 Å². The molecule has 1 nitrogen and oxygen atoms in total. The Morgan fingerprint density at radius 2 is 1.90 bits per heavy atom. The Labute approximate surface area is 119 Å². The Morgan fingerprint density at radius 3 is 2.55 bits per heavy atom. The minimum absolute atomic E-state index is 0.0415. The summed E-state index contributed by atoms with van der Waals surface area (Å²) >= 11 is 0. The molecule has 4 fully saturated rings. The van der Waals surface area contributed by atoms with Crippen LogP contribution in [0.3, 0.4) is 0 Å². The molecule has 20 heavy (non-hydrogen) atoms. The molecule has 0 heterocycles. The van der Waals surface area contributed by atoms with E-state index in [1.54, 1.807) is 12.1 Å². The minimum atomic E-state index is -0.212. The van der Waals surface area contributed by atoms with Crippen LogP contribution in [0.1, 0.15) is 51.5 Å². The largest absolute Gasteiger partial charge is 0.508 e. The van der Waals surface area contributed by atoms with Gasteiger partial charge in [-0.25, -0.2) is 4.39 Å². The van der Waals surface area contributed by atoms with Crippen LogP contribution >= 0.6 is 0 Å². The lowest BCUT2D eigenvalue weighted by molar-refractivity contribution is -0.301. The molecule has 1 N–H and O–H groups in total. The van der Waals surface area contributed by atoms with Crippen LogP contribution in [-0.4, -0.2) is 5.11 Å². The molecule has 2 bridgehead atoms. The molecule has 4 saturated carbocycles. The van der Waals surface area contributed by atoms with Crippen molar-refractivity contribution < 1.29 is 9.50 Å². The average molecular weight is 272 g/mol. The van der Waals surface area contributed by atoms with Gasteiger partial charge in [-0.1, -0.05) is 13.8 Å². The fraction of sp³-hybridized carbons (Fsp3) is 0.667. The van der Waals surface area contributed by atoms with E-state index in [-0.39, 0.29) is 11.2 Å².